The van der Waals surface area contributed by atoms with E-state index in [1.807, 2.05) is 6.07 Å². The molecule has 3 rings (SSSR count). The van der Waals surface area contributed by atoms with Gasteiger partial charge in [-0.05, 0) is 30.3 Å². The molecular weight excluding hydrogens is 254 g/mol. The van der Waals surface area contributed by atoms with E-state index in [2.05, 4.69) is 4.98 Å². The molecule has 0 amide bonds. The summed E-state index contributed by atoms with van der Waals surface area (Å²) in [5.41, 5.74) is 0.925. The summed E-state index contributed by atoms with van der Waals surface area (Å²) in [6.07, 6.45) is 0. The second-order valence-electron chi connectivity index (χ2n) is 4.30. The lowest BCUT2D eigenvalue weighted by Gasteiger charge is -2.07. The summed E-state index contributed by atoms with van der Waals surface area (Å²) in [6, 6.07) is 17.0. The standard InChI is InChI=1S/C16H11NO3/c18-15-10-9-12-13(17-15)7-4-8-14(12)20-16(19)11-5-2-1-3-6-11/h1-10H,(H,17,18). The minimum absolute atomic E-state index is 0.191. The molecule has 0 aliphatic rings. The largest absolute Gasteiger partial charge is 0.422 e. The van der Waals surface area contributed by atoms with Crippen molar-refractivity contribution in [3.05, 3.63) is 76.6 Å². The molecule has 1 N–H and O–H groups in total. The number of H-pyrrole nitrogens is 1. The molecule has 2 aromatic carbocycles. The first-order chi connectivity index (χ1) is 9.74. The summed E-state index contributed by atoms with van der Waals surface area (Å²) < 4.78 is 5.39. The summed E-state index contributed by atoms with van der Waals surface area (Å²) in [5, 5.41) is 0.691. The Kier molecular flexibility index (Phi) is 3.05. The Morgan fingerprint density at radius 1 is 0.900 bits per heavy atom. The van der Waals surface area contributed by atoms with Crippen LogP contribution < -0.4 is 10.3 Å². The number of benzene rings is 2. The van der Waals surface area contributed by atoms with Crippen LogP contribution in [0.1, 0.15) is 10.4 Å². The number of nitrogens with one attached hydrogen (secondary N) is 1. The fraction of sp³-hybridized carbons (Fsp3) is 0. The van der Waals surface area contributed by atoms with Crippen molar-refractivity contribution in [2.75, 3.05) is 0 Å². The third-order valence-corrected chi connectivity index (χ3v) is 2.94. The summed E-state index contributed by atoms with van der Waals surface area (Å²) in [7, 11) is 0. The van der Waals surface area contributed by atoms with Crippen molar-refractivity contribution in [1.29, 1.82) is 0 Å². The number of ether oxygens (including phenoxy) is 1. The van der Waals surface area contributed by atoms with Crippen molar-refractivity contribution in [3.8, 4) is 5.75 Å². The van der Waals surface area contributed by atoms with Crippen LogP contribution in [0.4, 0.5) is 0 Å². The van der Waals surface area contributed by atoms with Gasteiger partial charge in [0, 0.05) is 11.5 Å². The van der Waals surface area contributed by atoms with Crippen LogP contribution in [0.3, 0.4) is 0 Å². The maximum absolute atomic E-state index is 12.0. The molecule has 0 aliphatic carbocycles. The molecule has 0 bridgehead atoms. The normalized spacial score (nSPS) is 10.4. The molecular formula is C16H11NO3. The number of hydrogen-bond acceptors (Lipinski definition) is 3. The fourth-order valence-corrected chi connectivity index (χ4v) is 1.98. The summed E-state index contributed by atoms with van der Waals surface area (Å²) in [5.74, 6) is -0.00287. The van der Waals surface area contributed by atoms with Crippen LogP contribution in [-0.4, -0.2) is 11.0 Å². The summed E-state index contributed by atoms with van der Waals surface area (Å²) >= 11 is 0. The van der Waals surface area contributed by atoms with E-state index in [1.54, 1.807) is 48.5 Å². The van der Waals surface area contributed by atoms with E-state index >= 15 is 0 Å². The first-order valence-electron chi connectivity index (χ1n) is 6.13. The molecule has 20 heavy (non-hydrogen) atoms. The van der Waals surface area contributed by atoms with E-state index < -0.39 is 5.97 Å². The minimum atomic E-state index is -0.427. The van der Waals surface area contributed by atoms with Crippen molar-refractivity contribution in [1.82, 2.24) is 4.98 Å². The topological polar surface area (TPSA) is 59.2 Å². The second kappa shape index (κ2) is 5.01. The Labute approximate surface area is 114 Å². The van der Waals surface area contributed by atoms with Gasteiger partial charge in [0.25, 0.3) is 0 Å². The SMILES string of the molecule is O=C(Oc1cccc2[nH]c(=O)ccc12)c1ccccc1. The van der Waals surface area contributed by atoms with Gasteiger partial charge in [0.1, 0.15) is 5.75 Å². The van der Waals surface area contributed by atoms with Gasteiger partial charge in [-0.3, -0.25) is 4.79 Å². The molecule has 4 heteroatoms. The van der Waals surface area contributed by atoms with E-state index in [9.17, 15) is 9.59 Å². The molecule has 1 aromatic heterocycles. The molecule has 0 spiro atoms. The Bertz CT molecular complexity index is 822. The van der Waals surface area contributed by atoms with E-state index in [-0.39, 0.29) is 5.56 Å². The highest BCUT2D eigenvalue weighted by Gasteiger charge is 2.10. The predicted octanol–water partition coefficient (Wildman–Crippen LogP) is 2.75. The van der Waals surface area contributed by atoms with Gasteiger partial charge in [0.2, 0.25) is 5.56 Å². The van der Waals surface area contributed by atoms with Gasteiger partial charge in [-0.2, -0.15) is 0 Å². The van der Waals surface area contributed by atoms with Crippen molar-refractivity contribution in [2.45, 2.75) is 0 Å². The van der Waals surface area contributed by atoms with Gasteiger partial charge in [-0.25, -0.2) is 4.79 Å². The Hall–Kier alpha value is -2.88. The molecule has 0 unspecified atom stereocenters. The molecule has 1 heterocycles. The number of aromatic amines is 1. The predicted molar refractivity (Wildman–Crippen MR) is 76.0 cm³/mol. The lowest BCUT2D eigenvalue weighted by Crippen LogP contribution is -2.09. The maximum atomic E-state index is 12.0. The van der Waals surface area contributed by atoms with Crippen molar-refractivity contribution in [2.24, 2.45) is 0 Å². The van der Waals surface area contributed by atoms with Crippen molar-refractivity contribution < 1.29 is 9.53 Å². The van der Waals surface area contributed by atoms with Gasteiger partial charge < -0.3 is 9.72 Å². The summed E-state index contributed by atoms with van der Waals surface area (Å²) in [4.78, 5) is 26.0. The smallest absolute Gasteiger partial charge is 0.343 e. The van der Waals surface area contributed by atoms with Crippen LogP contribution in [0.5, 0.6) is 5.75 Å². The first kappa shape index (κ1) is 12.2. The number of esters is 1. The highest BCUT2D eigenvalue weighted by atomic mass is 16.5. The van der Waals surface area contributed by atoms with Gasteiger partial charge in [-0.1, -0.05) is 24.3 Å². The molecule has 98 valence electrons. The van der Waals surface area contributed by atoms with Gasteiger partial charge in [-0.15, -0.1) is 0 Å². The Morgan fingerprint density at radius 3 is 2.50 bits per heavy atom. The minimum Gasteiger partial charge on any atom is -0.422 e. The molecule has 0 saturated heterocycles. The molecule has 0 saturated carbocycles. The first-order valence-corrected chi connectivity index (χ1v) is 6.13. The molecule has 0 fully saturated rings. The van der Waals surface area contributed by atoms with Gasteiger partial charge in [0.15, 0.2) is 0 Å². The van der Waals surface area contributed by atoms with Crippen LogP contribution in [0.2, 0.25) is 0 Å². The monoisotopic (exact) mass is 265 g/mol. The molecule has 0 aliphatic heterocycles. The third-order valence-electron chi connectivity index (χ3n) is 2.94. The van der Waals surface area contributed by atoms with Crippen LogP contribution in [0.25, 0.3) is 10.9 Å². The van der Waals surface area contributed by atoms with E-state index in [4.69, 9.17) is 4.74 Å². The van der Waals surface area contributed by atoms with Crippen LogP contribution >= 0.6 is 0 Å². The number of carbonyl (C=O) groups is 1. The number of pyridine rings is 1. The van der Waals surface area contributed by atoms with Crippen molar-refractivity contribution in [3.63, 3.8) is 0 Å². The second-order valence-corrected chi connectivity index (χ2v) is 4.30. The van der Waals surface area contributed by atoms with E-state index in [0.29, 0.717) is 22.2 Å². The number of fused-ring (bicyclic) bond motifs is 1. The Morgan fingerprint density at radius 2 is 1.70 bits per heavy atom. The number of hydrogen-bond donors (Lipinski definition) is 1. The highest BCUT2D eigenvalue weighted by Crippen LogP contribution is 2.23. The van der Waals surface area contributed by atoms with Crippen LogP contribution in [0.15, 0.2) is 65.5 Å². The average molecular weight is 265 g/mol. The number of carbonyl (C=O) groups excluding carboxylic acids is 1. The zero-order chi connectivity index (χ0) is 13.9. The summed E-state index contributed by atoms with van der Waals surface area (Å²) in [6.45, 7) is 0. The third kappa shape index (κ3) is 2.31. The van der Waals surface area contributed by atoms with Crippen molar-refractivity contribution >= 4 is 16.9 Å². The van der Waals surface area contributed by atoms with E-state index in [1.165, 1.54) is 6.07 Å². The maximum Gasteiger partial charge on any atom is 0.343 e. The fourth-order valence-electron chi connectivity index (χ4n) is 1.98. The van der Waals surface area contributed by atoms with E-state index in [0.717, 1.165) is 0 Å². The van der Waals surface area contributed by atoms with Crippen LogP contribution in [-0.2, 0) is 0 Å². The highest BCUT2D eigenvalue weighted by molar-refractivity contribution is 5.94. The number of rotatable bonds is 2. The van der Waals surface area contributed by atoms with Gasteiger partial charge in [0.05, 0.1) is 11.1 Å². The lowest BCUT2D eigenvalue weighted by molar-refractivity contribution is 0.0737. The molecule has 3 aromatic rings. The van der Waals surface area contributed by atoms with Gasteiger partial charge >= 0.3 is 5.97 Å². The lowest BCUT2D eigenvalue weighted by atomic mass is 10.2. The zero-order valence-corrected chi connectivity index (χ0v) is 10.5. The average Bonchev–Trinajstić information content (AvgIpc) is 2.48. The molecule has 0 atom stereocenters. The zero-order valence-electron chi connectivity index (χ0n) is 10.5. The molecule has 0 radical (unpaired) electrons. The Balaban J connectivity index is 1.99. The molecule has 4 nitrogen and oxygen atoms in total. The van der Waals surface area contributed by atoms with Crippen LogP contribution in [0, 0.1) is 0 Å². The quantitative estimate of drug-likeness (QED) is 0.572. The number of aromatic nitrogens is 1.